The van der Waals surface area contributed by atoms with Crippen LogP contribution in [0.5, 0.6) is 0 Å². The number of nitrogens with one attached hydrogen (secondary N) is 2. The Morgan fingerprint density at radius 2 is 2.10 bits per heavy atom. The summed E-state index contributed by atoms with van der Waals surface area (Å²) in [4.78, 5) is 25.3. The second kappa shape index (κ2) is 5.88. The molecule has 3 aromatic rings. The van der Waals surface area contributed by atoms with Gasteiger partial charge >= 0.3 is 0 Å². The van der Waals surface area contributed by atoms with Crippen molar-refractivity contribution in [3.63, 3.8) is 0 Å². The van der Waals surface area contributed by atoms with Crippen molar-refractivity contribution < 1.29 is 4.79 Å². The van der Waals surface area contributed by atoms with E-state index in [1.165, 1.54) is 11.3 Å². The summed E-state index contributed by atoms with van der Waals surface area (Å²) in [7, 11) is 0. The van der Waals surface area contributed by atoms with Gasteiger partial charge in [-0.3, -0.25) is 9.78 Å². The molecule has 0 fully saturated rings. The van der Waals surface area contributed by atoms with E-state index in [9.17, 15) is 4.79 Å². The maximum atomic E-state index is 12.0. The number of aryl methyl sites for hydroxylation is 1. The molecule has 3 heterocycles. The van der Waals surface area contributed by atoms with Gasteiger partial charge in [-0.1, -0.05) is 0 Å². The van der Waals surface area contributed by atoms with Gasteiger partial charge in [-0.15, -0.1) is 11.3 Å². The van der Waals surface area contributed by atoms with E-state index < -0.39 is 0 Å². The summed E-state index contributed by atoms with van der Waals surface area (Å²) >= 11 is 1.49. The molecule has 106 valence electrons. The van der Waals surface area contributed by atoms with Crippen LogP contribution in [0.4, 0.5) is 0 Å². The molecule has 3 aromatic heterocycles. The van der Waals surface area contributed by atoms with Gasteiger partial charge in [0, 0.05) is 29.0 Å². The van der Waals surface area contributed by atoms with Gasteiger partial charge in [0.15, 0.2) is 0 Å². The first-order chi connectivity index (χ1) is 10.2. The summed E-state index contributed by atoms with van der Waals surface area (Å²) in [5, 5.41) is 2.87. The van der Waals surface area contributed by atoms with Gasteiger partial charge in [0.1, 0.15) is 5.82 Å². The van der Waals surface area contributed by atoms with E-state index in [-0.39, 0.29) is 5.91 Å². The molecule has 0 bridgehead atoms. The molecule has 0 saturated carbocycles. The highest BCUT2D eigenvalue weighted by Gasteiger charge is 2.09. The van der Waals surface area contributed by atoms with Crippen LogP contribution in [0.15, 0.2) is 42.9 Å². The van der Waals surface area contributed by atoms with Crippen molar-refractivity contribution in [1.29, 1.82) is 0 Å². The van der Waals surface area contributed by atoms with Crippen molar-refractivity contribution >= 4 is 17.2 Å². The van der Waals surface area contributed by atoms with Crippen LogP contribution in [0, 0.1) is 6.92 Å². The molecule has 0 aliphatic carbocycles. The minimum atomic E-state index is -0.0680. The second-order valence-electron chi connectivity index (χ2n) is 4.57. The number of rotatable bonds is 4. The fourth-order valence-corrected chi connectivity index (χ4v) is 2.71. The van der Waals surface area contributed by atoms with Gasteiger partial charge in [-0.25, -0.2) is 4.98 Å². The Morgan fingerprint density at radius 3 is 2.81 bits per heavy atom. The topological polar surface area (TPSA) is 70.7 Å². The highest BCUT2D eigenvalue weighted by atomic mass is 32.1. The zero-order valence-electron chi connectivity index (χ0n) is 11.5. The highest BCUT2D eigenvalue weighted by Crippen LogP contribution is 2.16. The third-order valence-electron chi connectivity index (χ3n) is 2.98. The van der Waals surface area contributed by atoms with Crippen molar-refractivity contribution in [3.05, 3.63) is 58.3 Å². The molecular weight excluding hydrogens is 284 g/mol. The molecule has 21 heavy (non-hydrogen) atoms. The number of H-pyrrole nitrogens is 1. The quantitative estimate of drug-likeness (QED) is 0.778. The summed E-state index contributed by atoms with van der Waals surface area (Å²) in [6, 6.07) is 7.54. The van der Waals surface area contributed by atoms with E-state index in [2.05, 4.69) is 20.3 Å². The Kier molecular flexibility index (Phi) is 3.79. The van der Waals surface area contributed by atoms with Crippen LogP contribution in [-0.2, 0) is 6.54 Å². The zero-order valence-corrected chi connectivity index (χ0v) is 12.3. The van der Waals surface area contributed by atoms with Gasteiger partial charge in [-0.05, 0) is 31.2 Å². The van der Waals surface area contributed by atoms with Gasteiger partial charge in [-0.2, -0.15) is 0 Å². The lowest BCUT2D eigenvalue weighted by Gasteiger charge is -2.00. The SMILES string of the molecule is Cc1ccc(C(=O)NCc2c[nH]c(-c3ccncc3)n2)s1. The smallest absolute Gasteiger partial charge is 0.261 e. The first kappa shape index (κ1) is 13.5. The zero-order chi connectivity index (χ0) is 14.7. The molecule has 6 heteroatoms. The number of imidazole rings is 1. The minimum absolute atomic E-state index is 0.0680. The predicted molar refractivity (Wildman–Crippen MR) is 82.0 cm³/mol. The third-order valence-corrected chi connectivity index (χ3v) is 3.98. The van der Waals surface area contributed by atoms with E-state index in [0.717, 1.165) is 26.8 Å². The standard InChI is InChI=1S/C15H14N4OS/c1-10-2-3-13(21-10)15(20)18-9-12-8-17-14(19-12)11-4-6-16-7-5-11/h2-8H,9H2,1H3,(H,17,19)(H,18,20). The van der Waals surface area contributed by atoms with Crippen molar-refractivity contribution in [2.24, 2.45) is 0 Å². The summed E-state index contributed by atoms with van der Waals surface area (Å²) in [5.41, 5.74) is 1.76. The first-order valence-electron chi connectivity index (χ1n) is 6.52. The van der Waals surface area contributed by atoms with Crippen LogP contribution in [-0.4, -0.2) is 20.9 Å². The number of hydrogen-bond acceptors (Lipinski definition) is 4. The number of pyridine rings is 1. The number of carbonyl (C=O) groups is 1. The van der Waals surface area contributed by atoms with Gasteiger partial charge in [0.2, 0.25) is 0 Å². The molecule has 2 N–H and O–H groups in total. The Morgan fingerprint density at radius 1 is 1.29 bits per heavy atom. The molecule has 1 amide bonds. The van der Waals surface area contributed by atoms with Crippen LogP contribution < -0.4 is 5.32 Å². The van der Waals surface area contributed by atoms with Crippen LogP contribution in [0.3, 0.4) is 0 Å². The summed E-state index contributed by atoms with van der Waals surface area (Å²) in [6.07, 6.45) is 5.24. The van der Waals surface area contributed by atoms with Gasteiger partial charge < -0.3 is 10.3 Å². The van der Waals surface area contributed by atoms with Crippen LogP contribution in [0.2, 0.25) is 0 Å². The molecule has 0 aliphatic heterocycles. The maximum Gasteiger partial charge on any atom is 0.261 e. The number of aromatic nitrogens is 3. The van der Waals surface area contributed by atoms with Gasteiger partial charge in [0.25, 0.3) is 5.91 Å². The molecule has 0 aliphatic rings. The number of aromatic amines is 1. The molecule has 0 atom stereocenters. The van der Waals surface area contributed by atoms with E-state index in [1.807, 2.05) is 31.2 Å². The Labute approximate surface area is 126 Å². The summed E-state index contributed by atoms with van der Waals surface area (Å²) < 4.78 is 0. The monoisotopic (exact) mass is 298 g/mol. The highest BCUT2D eigenvalue weighted by molar-refractivity contribution is 7.13. The van der Waals surface area contributed by atoms with Crippen LogP contribution in [0.25, 0.3) is 11.4 Å². The van der Waals surface area contributed by atoms with Crippen molar-refractivity contribution in [1.82, 2.24) is 20.3 Å². The fourth-order valence-electron chi connectivity index (χ4n) is 1.92. The predicted octanol–water partition coefficient (Wildman–Crippen LogP) is 2.77. The Balaban J connectivity index is 1.64. The Hall–Kier alpha value is -2.47. The molecule has 0 radical (unpaired) electrons. The summed E-state index contributed by atoms with van der Waals surface area (Å²) in [5.74, 6) is 0.704. The number of amides is 1. The lowest BCUT2D eigenvalue weighted by Crippen LogP contribution is -2.21. The molecule has 3 rings (SSSR count). The van der Waals surface area contributed by atoms with Crippen LogP contribution in [0.1, 0.15) is 20.2 Å². The average Bonchev–Trinajstić information content (AvgIpc) is 3.15. The molecule has 0 saturated heterocycles. The lowest BCUT2D eigenvalue weighted by atomic mass is 10.2. The molecule has 5 nitrogen and oxygen atoms in total. The molecular formula is C15H14N4OS. The van der Waals surface area contributed by atoms with Crippen molar-refractivity contribution in [3.8, 4) is 11.4 Å². The third kappa shape index (κ3) is 3.17. The fraction of sp³-hybridized carbons (Fsp3) is 0.133. The average molecular weight is 298 g/mol. The van der Waals surface area contributed by atoms with Crippen LogP contribution >= 0.6 is 11.3 Å². The second-order valence-corrected chi connectivity index (χ2v) is 5.86. The summed E-state index contributed by atoms with van der Waals surface area (Å²) in [6.45, 7) is 2.38. The lowest BCUT2D eigenvalue weighted by molar-refractivity contribution is 0.0954. The van der Waals surface area contributed by atoms with E-state index in [0.29, 0.717) is 6.54 Å². The Bertz CT molecular complexity index is 748. The van der Waals surface area contributed by atoms with E-state index in [4.69, 9.17) is 0 Å². The van der Waals surface area contributed by atoms with E-state index in [1.54, 1.807) is 18.6 Å². The van der Waals surface area contributed by atoms with Gasteiger partial charge in [0.05, 0.1) is 17.1 Å². The number of thiophene rings is 1. The number of nitrogens with zero attached hydrogens (tertiary/aromatic N) is 2. The minimum Gasteiger partial charge on any atom is -0.346 e. The van der Waals surface area contributed by atoms with E-state index >= 15 is 0 Å². The normalized spacial score (nSPS) is 10.5. The molecule has 0 unspecified atom stereocenters. The number of hydrogen-bond donors (Lipinski definition) is 2. The largest absolute Gasteiger partial charge is 0.346 e. The molecule has 0 aromatic carbocycles. The van der Waals surface area contributed by atoms with Crippen molar-refractivity contribution in [2.45, 2.75) is 13.5 Å². The maximum absolute atomic E-state index is 12.0. The van der Waals surface area contributed by atoms with Crippen molar-refractivity contribution in [2.75, 3.05) is 0 Å². The molecule has 0 spiro atoms. The number of carbonyl (C=O) groups excluding carboxylic acids is 1. The first-order valence-corrected chi connectivity index (χ1v) is 7.33.